The summed E-state index contributed by atoms with van der Waals surface area (Å²) in [6, 6.07) is 17.7. The third-order valence-corrected chi connectivity index (χ3v) is 8.75. The van der Waals surface area contributed by atoms with Gasteiger partial charge in [0, 0.05) is 50.7 Å². The summed E-state index contributed by atoms with van der Waals surface area (Å²) >= 11 is 0. The van der Waals surface area contributed by atoms with Crippen LogP contribution in [0.4, 0.5) is 11.4 Å². The van der Waals surface area contributed by atoms with Gasteiger partial charge in [-0.25, -0.2) is 25.4 Å². The maximum Gasteiger partial charge on any atom is 0.255 e. The van der Waals surface area contributed by atoms with Gasteiger partial charge in [-0.15, -0.1) is 0 Å². The number of nitrogens with zero attached hydrogens (tertiary/aromatic N) is 2. The van der Waals surface area contributed by atoms with Crippen LogP contribution in [0, 0.1) is 0 Å². The highest BCUT2D eigenvalue weighted by molar-refractivity contribution is 7.89. The number of nitrogens with one attached hydrogen (secondary N) is 2. The van der Waals surface area contributed by atoms with Crippen LogP contribution in [0.5, 0.6) is 0 Å². The molecular weight excluding hydrogens is 504 g/mol. The second-order valence-corrected chi connectivity index (χ2v) is 12.4. The monoisotopic (exact) mass is 530 g/mol. The van der Waals surface area contributed by atoms with Crippen LogP contribution in [0.1, 0.15) is 20.7 Å². The highest BCUT2D eigenvalue weighted by atomic mass is 32.2. The molecule has 0 spiro atoms. The Morgan fingerprint density at radius 1 is 0.583 bits per heavy atom. The molecule has 12 heteroatoms. The largest absolute Gasteiger partial charge is 0.322 e. The zero-order valence-corrected chi connectivity index (χ0v) is 21.7. The third kappa shape index (κ3) is 5.97. The van der Waals surface area contributed by atoms with Gasteiger partial charge in [-0.05, 0) is 54.6 Å². The first kappa shape index (κ1) is 27.0. The van der Waals surface area contributed by atoms with Crippen LogP contribution in [-0.2, 0) is 20.0 Å². The molecule has 3 aromatic carbocycles. The van der Waals surface area contributed by atoms with Crippen molar-refractivity contribution in [3.05, 3.63) is 83.9 Å². The molecule has 0 aliphatic carbocycles. The highest BCUT2D eigenvalue weighted by Crippen LogP contribution is 2.20. The van der Waals surface area contributed by atoms with Crippen molar-refractivity contribution in [1.29, 1.82) is 0 Å². The summed E-state index contributed by atoms with van der Waals surface area (Å²) in [6.07, 6.45) is 0. The number of rotatable bonds is 8. The maximum atomic E-state index is 12.7. The van der Waals surface area contributed by atoms with Crippen molar-refractivity contribution in [2.24, 2.45) is 0 Å². The Kier molecular flexibility index (Phi) is 7.94. The van der Waals surface area contributed by atoms with Gasteiger partial charge in [0.15, 0.2) is 0 Å². The summed E-state index contributed by atoms with van der Waals surface area (Å²) in [4.78, 5) is 25.4. The molecular formula is C24H26N4O6S2. The van der Waals surface area contributed by atoms with E-state index >= 15 is 0 Å². The summed E-state index contributed by atoms with van der Waals surface area (Å²) < 4.78 is 51.5. The van der Waals surface area contributed by atoms with E-state index in [9.17, 15) is 26.4 Å². The Bertz CT molecular complexity index is 1410. The van der Waals surface area contributed by atoms with Crippen molar-refractivity contribution in [2.75, 3.05) is 38.8 Å². The first-order valence-corrected chi connectivity index (χ1v) is 13.5. The number of hydrogen-bond donors (Lipinski definition) is 2. The van der Waals surface area contributed by atoms with Crippen LogP contribution in [0.15, 0.2) is 82.6 Å². The third-order valence-electron chi connectivity index (χ3n) is 5.13. The van der Waals surface area contributed by atoms with Gasteiger partial charge in [-0.2, -0.15) is 0 Å². The number of carbonyl (C=O) groups excluding carboxylic acids is 2. The summed E-state index contributed by atoms with van der Waals surface area (Å²) in [5.41, 5.74) is 1.02. The molecule has 0 unspecified atom stereocenters. The minimum absolute atomic E-state index is 0.0142. The van der Waals surface area contributed by atoms with Crippen molar-refractivity contribution in [2.45, 2.75) is 9.79 Å². The van der Waals surface area contributed by atoms with Gasteiger partial charge < -0.3 is 10.6 Å². The lowest BCUT2D eigenvalue weighted by atomic mass is 10.2. The van der Waals surface area contributed by atoms with Gasteiger partial charge in [0.05, 0.1) is 9.79 Å². The Labute approximate surface area is 210 Å². The first-order chi connectivity index (χ1) is 16.8. The van der Waals surface area contributed by atoms with Gasteiger partial charge >= 0.3 is 0 Å². The smallest absolute Gasteiger partial charge is 0.255 e. The van der Waals surface area contributed by atoms with Gasteiger partial charge in [-0.1, -0.05) is 18.2 Å². The zero-order chi connectivity index (χ0) is 26.7. The second-order valence-electron chi connectivity index (χ2n) is 8.12. The molecule has 2 amide bonds. The fourth-order valence-corrected chi connectivity index (χ4v) is 4.99. The molecule has 3 rings (SSSR count). The van der Waals surface area contributed by atoms with Gasteiger partial charge in [0.1, 0.15) is 0 Å². The molecule has 3 aromatic rings. The van der Waals surface area contributed by atoms with E-state index in [4.69, 9.17) is 0 Å². The molecule has 0 heterocycles. The van der Waals surface area contributed by atoms with Crippen molar-refractivity contribution in [3.8, 4) is 0 Å². The first-order valence-electron chi connectivity index (χ1n) is 10.6. The van der Waals surface area contributed by atoms with Crippen LogP contribution >= 0.6 is 0 Å². The van der Waals surface area contributed by atoms with Crippen molar-refractivity contribution < 1.29 is 26.4 Å². The average molecular weight is 531 g/mol. The average Bonchev–Trinajstić information content (AvgIpc) is 2.84. The molecule has 0 saturated carbocycles. The molecule has 0 aromatic heterocycles. The summed E-state index contributed by atoms with van der Waals surface area (Å²) in [5, 5.41) is 5.35. The SMILES string of the molecule is CN(C)S(=O)(=O)c1cccc(C(=O)Nc2cccc(NC(=O)c3cccc(S(=O)(=O)N(C)C)c3)c2)c1. The molecule has 0 atom stereocenters. The van der Waals surface area contributed by atoms with Crippen LogP contribution < -0.4 is 10.6 Å². The molecule has 0 aliphatic heterocycles. The predicted molar refractivity (Wildman–Crippen MR) is 137 cm³/mol. The van der Waals surface area contributed by atoms with Crippen molar-refractivity contribution in [3.63, 3.8) is 0 Å². The van der Waals surface area contributed by atoms with Crippen LogP contribution in [0.25, 0.3) is 0 Å². The van der Waals surface area contributed by atoms with E-state index in [0.717, 1.165) is 8.61 Å². The lowest BCUT2D eigenvalue weighted by molar-refractivity contribution is 0.101. The van der Waals surface area contributed by atoms with E-state index in [2.05, 4.69) is 10.6 Å². The number of carbonyl (C=O) groups is 2. The topological polar surface area (TPSA) is 133 Å². The second kappa shape index (κ2) is 10.6. The summed E-state index contributed by atoms with van der Waals surface area (Å²) in [5.74, 6) is -1.06. The normalized spacial score (nSPS) is 11.9. The Morgan fingerprint density at radius 2 is 0.944 bits per heavy atom. The standard InChI is InChI=1S/C24H26N4O6S2/c1-27(2)35(31,32)21-12-5-8-17(14-21)23(29)25-19-10-7-11-20(16-19)26-24(30)18-9-6-13-22(15-18)36(33,34)28(3)4/h5-16H,1-4H3,(H,25,29)(H,26,30). The van der Waals surface area contributed by atoms with Crippen molar-refractivity contribution in [1.82, 2.24) is 8.61 Å². The van der Waals surface area contributed by atoms with E-state index in [1.807, 2.05) is 0 Å². The maximum absolute atomic E-state index is 12.7. The highest BCUT2D eigenvalue weighted by Gasteiger charge is 2.20. The number of amides is 2. The Hall–Kier alpha value is -3.58. The molecule has 36 heavy (non-hydrogen) atoms. The van der Waals surface area contributed by atoms with E-state index in [0.29, 0.717) is 11.4 Å². The number of sulfonamides is 2. The molecule has 0 radical (unpaired) electrons. The summed E-state index contributed by atoms with van der Waals surface area (Å²) in [6.45, 7) is 0. The van der Waals surface area contributed by atoms with Crippen molar-refractivity contribution >= 4 is 43.2 Å². The van der Waals surface area contributed by atoms with E-state index in [1.165, 1.54) is 82.8 Å². The molecule has 0 aliphatic rings. The molecule has 10 nitrogen and oxygen atoms in total. The minimum Gasteiger partial charge on any atom is -0.322 e. The Balaban J connectivity index is 1.77. The van der Waals surface area contributed by atoms with E-state index in [1.54, 1.807) is 18.2 Å². The molecule has 0 bridgehead atoms. The number of benzene rings is 3. The number of anilines is 2. The van der Waals surface area contributed by atoms with Gasteiger partial charge in [0.25, 0.3) is 11.8 Å². The quantitative estimate of drug-likeness (QED) is 0.460. The van der Waals surface area contributed by atoms with Gasteiger partial charge in [-0.3, -0.25) is 9.59 Å². The van der Waals surface area contributed by atoms with Gasteiger partial charge in [0.2, 0.25) is 20.0 Å². The number of hydrogen-bond acceptors (Lipinski definition) is 6. The minimum atomic E-state index is -3.70. The fraction of sp³-hybridized carbons (Fsp3) is 0.167. The van der Waals surface area contributed by atoms with Crippen LogP contribution in [0.3, 0.4) is 0 Å². The molecule has 190 valence electrons. The molecule has 2 N–H and O–H groups in total. The summed E-state index contributed by atoms with van der Waals surface area (Å²) in [7, 11) is -1.80. The fourth-order valence-electron chi connectivity index (χ4n) is 3.10. The van der Waals surface area contributed by atoms with E-state index < -0.39 is 31.9 Å². The Morgan fingerprint density at radius 3 is 1.31 bits per heavy atom. The van der Waals surface area contributed by atoms with Crippen LogP contribution in [0.2, 0.25) is 0 Å². The lowest BCUT2D eigenvalue weighted by Gasteiger charge is -2.13. The van der Waals surface area contributed by atoms with E-state index in [-0.39, 0.29) is 20.9 Å². The zero-order valence-electron chi connectivity index (χ0n) is 20.1. The van der Waals surface area contributed by atoms with Crippen LogP contribution in [-0.4, -0.2) is 65.5 Å². The molecule has 0 saturated heterocycles. The molecule has 0 fully saturated rings. The lowest BCUT2D eigenvalue weighted by Crippen LogP contribution is -2.23. The predicted octanol–water partition coefficient (Wildman–Crippen LogP) is 2.69.